The van der Waals surface area contributed by atoms with Crippen molar-refractivity contribution < 1.29 is 14.6 Å². The van der Waals surface area contributed by atoms with Gasteiger partial charge in [0.15, 0.2) is 5.75 Å². The molecule has 2 aromatic rings. The second kappa shape index (κ2) is 6.98. The van der Waals surface area contributed by atoms with E-state index in [4.69, 9.17) is 4.42 Å². The number of rotatable bonds is 5. The van der Waals surface area contributed by atoms with Gasteiger partial charge in [0.2, 0.25) is 5.43 Å². The Morgan fingerprint density at radius 1 is 1.30 bits per heavy atom. The lowest BCUT2D eigenvalue weighted by Crippen LogP contribution is -2.30. The van der Waals surface area contributed by atoms with Crippen molar-refractivity contribution in [2.75, 3.05) is 6.54 Å². The zero-order valence-corrected chi connectivity index (χ0v) is 12.9. The van der Waals surface area contributed by atoms with E-state index in [1.807, 2.05) is 30.3 Å². The molecular formula is C18H21NO4. The molecule has 0 aliphatic carbocycles. The van der Waals surface area contributed by atoms with Gasteiger partial charge in [0.1, 0.15) is 12.0 Å². The largest absolute Gasteiger partial charge is 0.502 e. The van der Waals surface area contributed by atoms with Gasteiger partial charge in [-0.05, 0) is 31.4 Å². The molecular weight excluding hydrogens is 294 g/mol. The van der Waals surface area contributed by atoms with Gasteiger partial charge < -0.3 is 14.6 Å². The molecule has 1 aliphatic heterocycles. The third-order valence-electron chi connectivity index (χ3n) is 4.40. The summed E-state index contributed by atoms with van der Waals surface area (Å²) in [5, 5.41) is 19.7. The molecule has 5 heteroatoms. The van der Waals surface area contributed by atoms with Gasteiger partial charge >= 0.3 is 0 Å². The number of hydrogen-bond acceptors (Lipinski definition) is 5. The highest BCUT2D eigenvalue weighted by Crippen LogP contribution is 2.28. The van der Waals surface area contributed by atoms with Crippen molar-refractivity contribution in [1.82, 2.24) is 4.90 Å². The fourth-order valence-corrected chi connectivity index (χ4v) is 3.17. The molecule has 1 saturated heterocycles. The Morgan fingerprint density at radius 3 is 2.83 bits per heavy atom. The molecule has 5 nitrogen and oxygen atoms in total. The van der Waals surface area contributed by atoms with Crippen LogP contribution in [-0.4, -0.2) is 27.7 Å². The van der Waals surface area contributed by atoms with E-state index in [0.717, 1.165) is 31.2 Å². The summed E-state index contributed by atoms with van der Waals surface area (Å²) in [4.78, 5) is 13.7. The van der Waals surface area contributed by atoms with Crippen molar-refractivity contribution in [2.45, 2.75) is 38.0 Å². The second-order valence-corrected chi connectivity index (χ2v) is 6.02. The first kappa shape index (κ1) is 15.8. The van der Waals surface area contributed by atoms with Crippen molar-refractivity contribution in [3.63, 3.8) is 0 Å². The molecule has 1 fully saturated rings. The summed E-state index contributed by atoms with van der Waals surface area (Å²) in [6.45, 7) is 1.43. The first-order valence-corrected chi connectivity index (χ1v) is 7.91. The quantitative estimate of drug-likeness (QED) is 0.886. The molecule has 2 heterocycles. The van der Waals surface area contributed by atoms with Crippen molar-refractivity contribution in [1.29, 1.82) is 0 Å². The first-order valence-electron chi connectivity index (χ1n) is 7.91. The third kappa shape index (κ3) is 3.81. The van der Waals surface area contributed by atoms with Gasteiger partial charge in [0, 0.05) is 12.1 Å². The SMILES string of the molecule is O=c1cc(CN2CCC[C@@H]2C[C@@H](O)c2ccccc2)occ1O. The second-order valence-electron chi connectivity index (χ2n) is 6.02. The first-order chi connectivity index (χ1) is 11.1. The summed E-state index contributed by atoms with van der Waals surface area (Å²) >= 11 is 0. The van der Waals surface area contributed by atoms with Gasteiger partial charge in [-0.15, -0.1) is 0 Å². The monoisotopic (exact) mass is 315 g/mol. The highest BCUT2D eigenvalue weighted by atomic mass is 16.4. The smallest absolute Gasteiger partial charge is 0.226 e. The van der Waals surface area contributed by atoms with Crippen molar-refractivity contribution in [2.24, 2.45) is 0 Å². The normalized spacial score (nSPS) is 19.8. The summed E-state index contributed by atoms with van der Waals surface area (Å²) in [6, 6.07) is 11.2. The van der Waals surface area contributed by atoms with Gasteiger partial charge in [-0.3, -0.25) is 9.69 Å². The Kier molecular flexibility index (Phi) is 4.79. The van der Waals surface area contributed by atoms with Crippen LogP contribution in [0.5, 0.6) is 5.75 Å². The lowest BCUT2D eigenvalue weighted by molar-refractivity contribution is 0.114. The van der Waals surface area contributed by atoms with Gasteiger partial charge in [-0.1, -0.05) is 30.3 Å². The van der Waals surface area contributed by atoms with E-state index in [-0.39, 0.29) is 11.8 Å². The van der Waals surface area contributed by atoms with E-state index >= 15 is 0 Å². The topological polar surface area (TPSA) is 73.9 Å². The van der Waals surface area contributed by atoms with E-state index in [2.05, 4.69) is 4.90 Å². The summed E-state index contributed by atoms with van der Waals surface area (Å²) in [5.74, 6) is 0.167. The minimum Gasteiger partial charge on any atom is -0.502 e. The molecule has 1 aromatic heterocycles. The maximum absolute atomic E-state index is 11.5. The Morgan fingerprint density at radius 2 is 2.09 bits per heavy atom. The third-order valence-corrected chi connectivity index (χ3v) is 4.40. The maximum Gasteiger partial charge on any atom is 0.226 e. The highest BCUT2D eigenvalue weighted by molar-refractivity contribution is 5.18. The average molecular weight is 315 g/mol. The minimum atomic E-state index is -0.492. The number of aliphatic hydroxyl groups is 1. The Hall–Kier alpha value is -2.11. The fourth-order valence-electron chi connectivity index (χ4n) is 3.17. The zero-order valence-electron chi connectivity index (χ0n) is 12.9. The molecule has 122 valence electrons. The van der Waals surface area contributed by atoms with Crippen LogP contribution in [-0.2, 0) is 6.54 Å². The van der Waals surface area contributed by atoms with Gasteiger partial charge in [0.25, 0.3) is 0 Å². The number of benzene rings is 1. The molecule has 3 rings (SSSR count). The van der Waals surface area contributed by atoms with Crippen LogP contribution in [0.3, 0.4) is 0 Å². The van der Waals surface area contributed by atoms with E-state index in [0.29, 0.717) is 18.7 Å². The van der Waals surface area contributed by atoms with Crippen LogP contribution in [0.4, 0.5) is 0 Å². The average Bonchev–Trinajstić information content (AvgIpc) is 2.98. The Bertz CT molecular complexity index is 698. The molecule has 0 radical (unpaired) electrons. The zero-order chi connectivity index (χ0) is 16.2. The molecule has 1 aliphatic rings. The molecule has 2 N–H and O–H groups in total. The lowest BCUT2D eigenvalue weighted by atomic mass is 10.0. The molecule has 0 saturated carbocycles. The standard InChI is InChI=1S/C18H21NO4/c20-16(13-5-2-1-3-6-13)9-14-7-4-8-19(14)11-15-10-17(21)18(22)12-23-15/h1-3,5-6,10,12,14,16,20,22H,4,7-9,11H2/t14-,16-/m1/s1. The van der Waals surface area contributed by atoms with E-state index in [9.17, 15) is 15.0 Å². The van der Waals surface area contributed by atoms with Crippen LogP contribution in [0, 0.1) is 0 Å². The molecule has 0 amide bonds. The van der Waals surface area contributed by atoms with Crippen LogP contribution < -0.4 is 5.43 Å². The maximum atomic E-state index is 11.5. The number of aliphatic hydroxyl groups excluding tert-OH is 1. The number of likely N-dealkylation sites (tertiary alicyclic amines) is 1. The molecule has 0 spiro atoms. The van der Waals surface area contributed by atoms with Crippen molar-refractivity contribution in [3.8, 4) is 5.75 Å². The molecule has 23 heavy (non-hydrogen) atoms. The fraction of sp³-hybridized carbons (Fsp3) is 0.389. The number of nitrogens with zero attached hydrogens (tertiary/aromatic N) is 1. The highest BCUT2D eigenvalue weighted by Gasteiger charge is 2.27. The van der Waals surface area contributed by atoms with Gasteiger partial charge in [-0.2, -0.15) is 0 Å². The summed E-state index contributed by atoms with van der Waals surface area (Å²) < 4.78 is 5.28. The Labute approximate surface area is 134 Å². The predicted molar refractivity (Wildman–Crippen MR) is 86.1 cm³/mol. The van der Waals surface area contributed by atoms with Gasteiger partial charge in [0.05, 0.1) is 12.6 Å². The van der Waals surface area contributed by atoms with Crippen LogP contribution in [0.15, 0.2) is 51.9 Å². The Balaban J connectivity index is 1.65. The summed E-state index contributed by atoms with van der Waals surface area (Å²) in [6.07, 6.45) is 3.34. The van der Waals surface area contributed by atoms with E-state index < -0.39 is 11.5 Å². The van der Waals surface area contributed by atoms with Crippen LogP contribution in [0.2, 0.25) is 0 Å². The van der Waals surface area contributed by atoms with Gasteiger partial charge in [-0.25, -0.2) is 0 Å². The summed E-state index contributed by atoms with van der Waals surface area (Å²) in [5.41, 5.74) is 0.502. The minimum absolute atomic E-state index is 0.254. The lowest BCUT2D eigenvalue weighted by Gasteiger charge is -2.26. The van der Waals surface area contributed by atoms with E-state index in [1.54, 1.807) is 0 Å². The van der Waals surface area contributed by atoms with Crippen molar-refractivity contribution in [3.05, 3.63) is 64.2 Å². The van der Waals surface area contributed by atoms with Crippen LogP contribution in [0.25, 0.3) is 0 Å². The molecule has 1 aromatic carbocycles. The molecule has 0 bridgehead atoms. The predicted octanol–water partition coefficient (Wildman–Crippen LogP) is 2.43. The number of aromatic hydroxyl groups is 1. The molecule has 0 unspecified atom stereocenters. The van der Waals surface area contributed by atoms with Crippen LogP contribution >= 0.6 is 0 Å². The van der Waals surface area contributed by atoms with Crippen molar-refractivity contribution >= 4 is 0 Å². The molecule has 2 atom stereocenters. The van der Waals surface area contributed by atoms with E-state index in [1.165, 1.54) is 6.07 Å². The summed E-state index contributed by atoms with van der Waals surface area (Å²) in [7, 11) is 0. The number of hydrogen-bond donors (Lipinski definition) is 2. The van der Waals surface area contributed by atoms with Crippen LogP contribution in [0.1, 0.15) is 36.7 Å².